The average molecular weight is 538 g/mol. The lowest BCUT2D eigenvalue weighted by molar-refractivity contribution is -0.126. The van der Waals surface area contributed by atoms with Crippen LogP contribution in [0.25, 0.3) is 16.9 Å². The fourth-order valence-corrected chi connectivity index (χ4v) is 5.70. The maximum atomic E-state index is 14.2. The minimum absolute atomic E-state index is 0.000197. The van der Waals surface area contributed by atoms with E-state index in [1.165, 1.54) is 6.33 Å². The summed E-state index contributed by atoms with van der Waals surface area (Å²) >= 11 is 0. The van der Waals surface area contributed by atoms with Crippen molar-refractivity contribution in [3.63, 3.8) is 0 Å². The smallest absolute Gasteiger partial charge is 0.259 e. The predicted molar refractivity (Wildman–Crippen MR) is 153 cm³/mol. The second kappa shape index (κ2) is 12.4. The third-order valence-electron chi connectivity index (χ3n) is 7.89. The molecule has 8 nitrogen and oxygen atoms in total. The molecule has 2 aromatic heterocycles. The Bertz CT molecular complexity index is 1590. The molecule has 1 saturated carbocycles. The minimum Gasteiger partial charge on any atom is -0.370 e. The largest absolute Gasteiger partial charge is 0.370 e. The van der Waals surface area contributed by atoms with Gasteiger partial charge < -0.3 is 4.74 Å². The molecule has 4 aromatic rings. The molecule has 0 amide bonds. The number of nitrogens with zero attached hydrogens (tertiary/aromatic N) is 5. The Labute approximate surface area is 234 Å². The van der Waals surface area contributed by atoms with Gasteiger partial charge in [-0.2, -0.15) is 15.3 Å². The van der Waals surface area contributed by atoms with E-state index in [1.54, 1.807) is 0 Å². The molecule has 2 aromatic carbocycles. The number of fused-ring (bicyclic) bond motifs is 1. The van der Waals surface area contributed by atoms with Crippen molar-refractivity contribution in [2.24, 2.45) is 0 Å². The zero-order chi connectivity index (χ0) is 28.1. The molecule has 206 valence electrons. The fourth-order valence-electron chi connectivity index (χ4n) is 5.70. The monoisotopic (exact) mass is 537 g/mol. The Morgan fingerprint density at radius 2 is 1.82 bits per heavy atom. The van der Waals surface area contributed by atoms with Crippen molar-refractivity contribution < 1.29 is 9.53 Å². The predicted octanol–water partition coefficient (Wildman–Crippen LogP) is 5.45. The summed E-state index contributed by atoms with van der Waals surface area (Å²) in [6, 6.07) is 17.9. The Morgan fingerprint density at radius 3 is 2.52 bits per heavy atom. The average Bonchev–Trinajstić information content (AvgIpc) is 3.48. The standard InChI is InChI=1S/C32H35N5O3/c1-3-7-30-29(18-22-10-12-23(13-11-22)28-9-6-5-8-24(28)19-33)31(39)36(32-34-21-35-37(30)32)25-14-16-27(17-15-25)40-20-26(38)4-2/h5-6,8-13,21,25,27H,3-4,7,14-18,20H2,1-2H3/t25-,27-. The number of ether oxygens (including phenoxy) is 1. The number of aromatic nitrogens is 4. The number of Topliss-reactive ketones (excluding diaryl/α,β-unsaturated/α-hetero) is 1. The summed E-state index contributed by atoms with van der Waals surface area (Å²) in [6.45, 7) is 4.11. The summed E-state index contributed by atoms with van der Waals surface area (Å²) in [7, 11) is 0. The topological polar surface area (TPSA) is 102 Å². The van der Waals surface area contributed by atoms with Crippen LogP contribution in [0.1, 0.15) is 80.8 Å². The molecule has 2 heterocycles. The molecular formula is C32H35N5O3. The van der Waals surface area contributed by atoms with Crippen LogP contribution in [0.5, 0.6) is 0 Å². The Morgan fingerprint density at radius 1 is 1.07 bits per heavy atom. The molecule has 0 aliphatic heterocycles. The van der Waals surface area contributed by atoms with Gasteiger partial charge in [0.05, 0.1) is 23.4 Å². The number of rotatable bonds is 10. The van der Waals surface area contributed by atoms with Crippen LogP contribution in [-0.2, 0) is 22.4 Å². The van der Waals surface area contributed by atoms with Gasteiger partial charge in [-0.1, -0.05) is 62.7 Å². The number of carbonyl (C=O) groups excluding carboxylic acids is 1. The molecular weight excluding hydrogens is 502 g/mol. The van der Waals surface area contributed by atoms with Crippen molar-refractivity contribution >= 4 is 11.6 Å². The van der Waals surface area contributed by atoms with Crippen LogP contribution >= 0.6 is 0 Å². The van der Waals surface area contributed by atoms with Crippen LogP contribution in [0.2, 0.25) is 0 Å². The van der Waals surface area contributed by atoms with Gasteiger partial charge in [0.15, 0.2) is 5.78 Å². The molecule has 0 N–H and O–H groups in total. The van der Waals surface area contributed by atoms with E-state index in [4.69, 9.17) is 4.74 Å². The van der Waals surface area contributed by atoms with Crippen molar-refractivity contribution in [1.82, 2.24) is 19.2 Å². The van der Waals surface area contributed by atoms with E-state index >= 15 is 0 Å². The van der Waals surface area contributed by atoms with Crippen molar-refractivity contribution in [3.8, 4) is 17.2 Å². The number of hydrogen-bond donors (Lipinski definition) is 0. The normalized spacial score (nSPS) is 17.1. The van der Waals surface area contributed by atoms with E-state index in [0.717, 1.165) is 66.5 Å². The molecule has 8 heteroatoms. The van der Waals surface area contributed by atoms with Gasteiger partial charge in [-0.05, 0) is 54.9 Å². The third-order valence-corrected chi connectivity index (χ3v) is 7.89. The van der Waals surface area contributed by atoms with Crippen LogP contribution in [0.15, 0.2) is 59.7 Å². The first-order valence-electron chi connectivity index (χ1n) is 14.2. The van der Waals surface area contributed by atoms with E-state index in [-0.39, 0.29) is 30.1 Å². The summed E-state index contributed by atoms with van der Waals surface area (Å²) in [5.41, 5.74) is 5.18. The fraction of sp³-hybridized carbons (Fsp3) is 0.406. The number of aryl methyl sites for hydroxylation is 1. The lowest BCUT2D eigenvalue weighted by Gasteiger charge is -2.30. The van der Waals surface area contributed by atoms with Gasteiger partial charge in [0.25, 0.3) is 5.56 Å². The third kappa shape index (κ3) is 5.61. The van der Waals surface area contributed by atoms with Gasteiger partial charge in [-0.15, -0.1) is 0 Å². The van der Waals surface area contributed by atoms with Crippen molar-refractivity contribution in [2.45, 2.75) is 77.4 Å². The molecule has 0 atom stereocenters. The van der Waals surface area contributed by atoms with Gasteiger partial charge in [0, 0.05) is 24.4 Å². The summed E-state index contributed by atoms with van der Waals surface area (Å²) in [5, 5.41) is 14.0. The molecule has 0 bridgehead atoms. The van der Waals surface area contributed by atoms with E-state index in [0.29, 0.717) is 24.2 Å². The number of hydrogen-bond acceptors (Lipinski definition) is 6. The lowest BCUT2D eigenvalue weighted by Crippen LogP contribution is -2.35. The van der Waals surface area contributed by atoms with Crippen LogP contribution in [0, 0.1) is 11.3 Å². The van der Waals surface area contributed by atoms with Gasteiger partial charge in [0.1, 0.15) is 12.9 Å². The maximum absolute atomic E-state index is 14.2. The van der Waals surface area contributed by atoms with E-state index in [1.807, 2.05) is 64.5 Å². The Hall–Kier alpha value is -4.09. The van der Waals surface area contributed by atoms with E-state index < -0.39 is 0 Å². The Balaban J connectivity index is 1.45. The van der Waals surface area contributed by atoms with Crippen molar-refractivity contribution in [1.29, 1.82) is 5.26 Å². The van der Waals surface area contributed by atoms with Crippen LogP contribution < -0.4 is 5.56 Å². The first kappa shape index (κ1) is 27.5. The second-order valence-electron chi connectivity index (χ2n) is 10.5. The van der Waals surface area contributed by atoms with E-state index in [2.05, 4.69) is 23.1 Å². The molecule has 1 fully saturated rings. The zero-order valence-electron chi connectivity index (χ0n) is 23.2. The SMILES string of the molecule is CCCc1c(Cc2ccc(-c3ccccc3C#N)cc2)c(=O)n([C@H]2CC[C@H](OCC(=O)CC)CC2)c2ncnn12. The Kier molecular flexibility index (Phi) is 8.51. The molecule has 40 heavy (non-hydrogen) atoms. The minimum atomic E-state index is -0.00613. The highest BCUT2D eigenvalue weighted by Crippen LogP contribution is 2.31. The number of ketones is 1. The van der Waals surface area contributed by atoms with Crippen LogP contribution in [-0.4, -0.2) is 37.7 Å². The zero-order valence-corrected chi connectivity index (χ0v) is 23.2. The molecule has 1 aliphatic rings. The number of nitriles is 1. The van der Waals surface area contributed by atoms with Crippen LogP contribution in [0.4, 0.5) is 0 Å². The first-order valence-corrected chi connectivity index (χ1v) is 14.2. The number of carbonyl (C=O) groups is 1. The molecule has 0 radical (unpaired) electrons. The van der Waals surface area contributed by atoms with E-state index in [9.17, 15) is 14.9 Å². The number of benzene rings is 2. The quantitative estimate of drug-likeness (QED) is 0.266. The summed E-state index contributed by atoms with van der Waals surface area (Å²) in [4.78, 5) is 30.4. The highest BCUT2D eigenvalue weighted by Gasteiger charge is 2.28. The summed E-state index contributed by atoms with van der Waals surface area (Å²) < 4.78 is 9.53. The van der Waals surface area contributed by atoms with Crippen molar-refractivity contribution in [3.05, 3.63) is 87.6 Å². The van der Waals surface area contributed by atoms with Gasteiger partial charge in [-0.3, -0.25) is 14.2 Å². The van der Waals surface area contributed by atoms with Gasteiger partial charge in [0.2, 0.25) is 5.78 Å². The molecule has 1 aliphatic carbocycles. The van der Waals surface area contributed by atoms with Crippen LogP contribution in [0.3, 0.4) is 0 Å². The maximum Gasteiger partial charge on any atom is 0.259 e. The second-order valence-corrected chi connectivity index (χ2v) is 10.5. The lowest BCUT2D eigenvalue weighted by atomic mass is 9.92. The summed E-state index contributed by atoms with van der Waals surface area (Å²) in [6.07, 6.45) is 7.32. The summed E-state index contributed by atoms with van der Waals surface area (Å²) in [5.74, 6) is 0.702. The molecule has 0 saturated heterocycles. The molecule has 5 rings (SSSR count). The van der Waals surface area contributed by atoms with Crippen molar-refractivity contribution in [2.75, 3.05) is 6.61 Å². The highest BCUT2D eigenvalue weighted by molar-refractivity contribution is 5.79. The highest BCUT2D eigenvalue weighted by atomic mass is 16.5. The van der Waals surface area contributed by atoms with Gasteiger partial charge >= 0.3 is 0 Å². The van der Waals surface area contributed by atoms with Gasteiger partial charge in [-0.25, -0.2) is 4.52 Å². The molecule has 0 unspecified atom stereocenters. The molecule has 0 spiro atoms. The first-order chi connectivity index (χ1) is 19.5.